The van der Waals surface area contributed by atoms with Crippen LogP contribution in [-0.4, -0.2) is 20.2 Å². The summed E-state index contributed by atoms with van der Waals surface area (Å²) in [5.41, 5.74) is 1.60. The minimum atomic E-state index is -0.901. The molecule has 0 amide bonds. The maximum absolute atomic E-state index is 14.3. The van der Waals surface area contributed by atoms with Gasteiger partial charge in [-0.15, -0.1) is 0 Å². The van der Waals surface area contributed by atoms with E-state index in [0.29, 0.717) is 24.2 Å². The van der Waals surface area contributed by atoms with Gasteiger partial charge in [0.2, 0.25) is 0 Å². The van der Waals surface area contributed by atoms with Gasteiger partial charge in [0, 0.05) is 36.5 Å². The fraction of sp³-hybridized carbons (Fsp3) is 0.375. The Balaban J connectivity index is 1.99. The van der Waals surface area contributed by atoms with Crippen molar-refractivity contribution >= 4 is 29.8 Å². The molecule has 0 spiro atoms. The highest BCUT2D eigenvalue weighted by molar-refractivity contribution is 7.71. The van der Waals surface area contributed by atoms with Crippen molar-refractivity contribution in [3.05, 3.63) is 50.5 Å². The summed E-state index contributed by atoms with van der Waals surface area (Å²) in [5.74, 6) is -2.68. The molecule has 1 aromatic carbocycles. The number of aromatic nitrogens is 2. The minimum Gasteiger partial charge on any atom is -0.481 e. The number of halogens is 3. The number of imidazole rings is 1. The van der Waals surface area contributed by atoms with Crippen molar-refractivity contribution in [3.8, 4) is 0 Å². The number of rotatable bonds is 4. The van der Waals surface area contributed by atoms with Gasteiger partial charge in [-0.05, 0) is 37.2 Å². The number of hydrogen-bond acceptors (Lipinski definition) is 2. The van der Waals surface area contributed by atoms with Gasteiger partial charge in [-0.25, -0.2) is 8.78 Å². The normalized spacial score (nSPS) is 16.4. The number of carbonyl (C=O) groups is 1. The third kappa shape index (κ3) is 2.75. The highest BCUT2D eigenvalue weighted by Gasteiger charge is 2.32. The molecule has 2 aromatic rings. The van der Waals surface area contributed by atoms with E-state index in [4.69, 9.17) is 28.9 Å². The Bertz CT molecular complexity index is 891. The standard InChI is InChI=1S/C16H15ClF2N2O2S/c1-20-11(4-5-13(22)23)12-6-8(7-21(12)16(20)24)14-10(18)3-2-9(17)15(14)19/h2-3,8H,4-7H2,1H3,(H,22,23). The number of hydrogen-bond donors (Lipinski definition) is 1. The number of aliphatic carboxylic acids is 1. The monoisotopic (exact) mass is 372 g/mol. The zero-order valence-electron chi connectivity index (χ0n) is 12.9. The summed E-state index contributed by atoms with van der Waals surface area (Å²) in [7, 11) is 1.78. The third-order valence-corrected chi connectivity index (χ3v) is 5.27. The predicted molar refractivity (Wildman–Crippen MR) is 88.0 cm³/mol. The molecule has 24 heavy (non-hydrogen) atoms. The molecule has 0 bridgehead atoms. The van der Waals surface area contributed by atoms with Crippen LogP contribution in [0, 0.1) is 16.4 Å². The van der Waals surface area contributed by atoms with Crippen molar-refractivity contribution in [2.45, 2.75) is 31.7 Å². The van der Waals surface area contributed by atoms with Gasteiger partial charge in [-0.1, -0.05) is 11.6 Å². The molecule has 1 atom stereocenters. The average molecular weight is 373 g/mol. The minimum absolute atomic E-state index is 0.0236. The van der Waals surface area contributed by atoms with Gasteiger partial charge in [-0.3, -0.25) is 4.79 Å². The van der Waals surface area contributed by atoms with Crippen LogP contribution in [0.2, 0.25) is 5.02 Å². The molecular weight excluding hydrogens is 358 g/mol. The summed E-state index contributed by atoms with van der Waals surface area (Å²) < 4.78 is 32.5. The smallest absolute Gasteiger partial charge is 0.303 e. The SMILES string of the molecule is Cn1c(CCC(=O)O)c2n(c1=S)CC(c1c(F)ccc(Cl)c1F)C2. The number of benzene rings is 1. The molecule has 2 heterocycles. The van der Waals surface area contributed by atoms with Crippen LogP contribution in [0.4, 0.5) is 8.78 Å². The van der Waals surface area contributed by atoms with Crippen molar-refractivity contribution < 1.29 is 18.7 Å². The average Bonchev–Trinajstić information content (AvgIpc) is 3.02. The third-order valence-electron chi connectivity index (χ3n) is 4.49. The first kappa shape index (κ1) is 17.1. The lowest BCUT2D eigenvalue weighted by molar-refractivity contribution is -0.136. The largest absolute Gasteiger partial charge is 0.481 e. The first-order valence-electron chi connectivity index (χ1n) is 7.43. The summed E-state index contributed by atoms with van der Waals surface area (Å²) in [6.07, 6.45) is 0.697. The highest BCUT2D eigenvalue weighted by atomic mass is 35.5. The number of carboxylic acids is 1. The van der Waals surface area contributed by atoms with Crippen LogP contribution >= 0.6 is 23.8 Å². The van der Waals surface area contributed by atoms with Crippen molar-refractivity contribution in [2.24, 2.45) is 7.05 Å². The van der Waals surface area contributed by atoms with Crippen LogP contribution in [0.25, 0.3) is 0 Å². The van der Waals surface area contributed by atoms with Crippen LogP contribution < -0.4 is 0 Å². The molecule has 0 radical (unpaired) electrons. The van der Waals surface area contributed by atoms with Crippen LogP contribution in [-0.2, 0) is 31.2 Å². The molecule has 1 aromatic heterocycles. The lowest BCUT2D eigenvalue weighted by atomic mass is 9.95. The summed E-state index contributed by atoms with van der Waals surface area (Å²) in [6.45, 7) is 0.350. The molecule has 0 saturated heterocycles. The van der Waals surface area contributed by atoms with E-state index in [9.17, 15) is 13.6 Å². The first-order valence-corrected chi connectivity index (χ1v) is 8.22. The Labute approximate surface area is 147 Å². The van der Waals surface area contributed by atoms with Gasteiger partial charge in [0.25, 0.3) is 0 Å². The topological polar surface area (TPSA) is 47.2 Å². The molecule has 0 aliphatic carbocycles. The van der Waals surface area contributed by atoms with Gasteiger partial charge in [0.1, 0.15) is 11.6 Å². The molecule has 1 aliphatic heterocycles. The van der Waals surface area contributed by atoms with E-state index in [1.165, 1.54) is 6.07 Å². The number of nitrogens with zero attached hydrogens (tertiary/aromatic N) is 2. The molecule has 4 nitrogen and oxygen atoms in total. The van der Waals surface area contributed by atoms with Gasteiger partial charge < -0.3 is 14.2 Å². The Morgan fingerprint density at radius 1 is 1.46 bits per heavy atom. The lowest BCUT2D eigenvalue weighted by Gasteiger charge is -2.13. The Morgan fingerprint density at radius 2 is 2.17 bits per heavy atom. The zero-order chi connectivity index (χ0) is 17.6. The second kappa shape index (κ2) is 6.29. The first-order chi connectivity index (χ1) is 11.3. The quantitative estimate of drug-likeness (QED) is 0.655. The molecular formula is C16H15ClF2N2O2S. The molecule has 1 N–H and O–H groups in total. The molecule has 3 rings (SSSR count). The molecule has 128 valence electrons. The van der Waals surface area contributed by atoms with E-state index < -0.39 is 23.5 Å². The summed E-state index contributed by atoms with van der Waals surface area (Å²) in [5, 5.41) is 8.79. The second-order valence-corrected chi connectivity index (χ2v) is 6.67. The van der Waals surface area contributed by atoms with E-state index in [2.05, 4.69) is 0 Å². The lowest BCUT2D eigenvalue weighted by Crippen LogP contribution is -2.10. The molecule has 0 fully saturated rings. The Hall–Kier alpha value is -1.73. The molecule has 0 saturated carbocycles. The van der Waals surface area contributed by atoms with Crippen molar-refractivity contribution in [1.29, 1.82) is 0 Å². The summed E-state index contributed by atoms with van der Waals surface area (Å²) >= 11 is 11.2. The van der Waals surface area contributed by atoms with Crippen LogP contribution in [0.15, 0.2) is 12.1 Å². The maximum atomic E-state index is 14.3. The van der Waals surface area contributed by atoms with Crippen molar-refractivity contribution in [3.63, 3.8) is 0 Å². The van der Waals surface area contributed by atoms with E-state index in [1.807, 2.05) is 4.57 Å². The highest BCUT2D eigenvalue weighted by Crippen LogP contribution is 2.37. The number of fused-ring (bicyclic) bond motifs is 1. The zero-order valence-corrected chi connectivity index (χ0v) is 14.4. The van der Waals surface area contributed by atoms with Gasteiger partial charge in [-0.2, -0.15) is 0 Å². The van der Waals surface area contributed by atoms with Crippen molar-refractivity contribution in [1.82, 2.24) is 9.13 Å². The number of carboxylic acid groups (broad SMARTS) is 1. The fourth-order valence-corrected chi connectivity index (χ4v) is 3.80. The summed E-state index contributed by atoms with van der Waals surface area (Å²) in [6, 6.07) is 2.36. The van der Waals surface area contributed by atoms with Crippen LogP contribution in [0.5, 0.6) is 0 Å². The van der Waals surface area contributed by atoms with Crippen LogP contribution in [0.3, 0.4) is 0 Å². The van der Waals surface area contributed by atoms with E-state index in [-0.39, 0.29) is 17.0 Å². The maximum Gasteiger partial charge on any atom is 0.303 e. The molecule has 1 aliphatic rings. The summed E-state index contributed by atoms with van der Waals surface area (Å²) in [4.78, 5) is 10.8. The van der Waals surface area contributed by atoms with E-state index >= 15 is 0 Å². The van der Waals surface area contributed by atoms with Gasteiger partial charge >= 0.3 is 5.97 Å². The fourth-order valence-electron chi connectivity index (χ4n) is 3.34. The van der Waals surface area contributed by atoms with E-state index in [1.54, 1.807) is 11.6 Å². The van der Waals surface area contributed by atoms with Crippen molar-refractivity contribution in [2.75, 3.05) is 0 Å². The Morgan fingerprint density at radius 3 is 2.83 bits per heavy atom. The van der Waals surface area contributed by atoms with Gasteiger partial charge in [0.05, 0.1) is 11.4 Å². The Kier molecular flexibility index (Phi) is 4.48. The van der Waals surface area contributed by atoms with E-state index in [0.717, 1.165) is 17.5 Å². The molecule has 8 heteroatoms. The molecule has 1 unspecified atom stereocenters. The van der Waals surface area contributed by atoms with Gasteiger partial charge in [0.15, 0.2) is 4.77 Å². The van der Waals surface area contributed by atoms with Crippen LogP contribution in [0.1, 0.15) is 29.3 Å². The second-order valence-electron chi connectivity index (χ2n) is 5.90. The predicted octanol–water partition coefficient (Wildman–Crippen LogP) is 3.84.